The number of rotatable bonds is 8. The Morgan fingerprint density at radius 3 is 2.54 bits per heavy atom. The summed E-state index contributed by atoms with van der Waals surface area (Å²) < 4.78 is 0.715. The molecule has 142 valence electrons. The number of nitriles is 1. The average molecular weight is 410 g/mol. The van der Waals surface area contributed by atoms with Gasteiger partial charge in [-0.2, -0.15) is 5.26 Å². The molecule has 0 aliphatic carbocycles. The molecule has 1 heterocycles. The van der Waals surface area contributed by atoms with Crippen LogP contribution in [-0.2, 0) is 4.79 Å². The van der Waals surface area contributed by atoms with E-state index in [4.69, 9.17) is 5.26 Å². The van der Waals surface area contributed by atoms with Crippen molar-refractivity contribution in [3.05, 3.63) is 60.7 Å². The molecule has 3 aromatic rings. The van der Waals surface area contributed by atoms with Gasteiger partial charge in [-0.05, 0) is 31.2 Å². The minimum absolute atomic E-state index is 0.0563. The summed E-state index contributed by atoms with van der Waals surface area (Å²) in [6, 6.07) is 21.3. The Morgan fingerprint density at radius 1 is 1.18 bits per heavy atom. The normalized spacial score (nSPS) is 11.4. The molecule has 8 heteroatoms. The molecule has 6 nitrogen and oxygen atoms in total. The Hall–Kier alpha value is -2.89. The maximum Gasteiger partial charge on any atom is 0.240 e. The Bertz CT molecular complexity index is 940. The Kier molecular flexibility index (Phi) is 7.00. The van der Waals surface area contributed by atoms with Crippen LogP contribution in [0.3, 0.4) is 0 Å². The van der Waals surface area contributed by atoms with Crippen molar-refractivity contribution in [2.75, 3.05) is 16.8 Å². The van der Waals surface area contributed by atoms with Crippen molar-refractivity contribution in [2.24, 2.45) is 0 Å². The smallest absolute Gasteiger partial charge is 0.240 e. The zero-order chi connectivity index (χ0) is 19.8. The highest BCUT2D eigenvalue weighted by molar-refractivity contribution is 8.02. The van der Waals surface area contributed by atoms with Crippen LogP contribution in [0.15, 0.2) is 65.0 Å². The molecular formula is C20H19N5OS2. The topological polar surface area (TPSA) is 81.9 Å². The van der Waals surface area contributed by atoms with E-state index in [1.54, 1.807) is 4.90 Å². The number of carbonyl (C=O) groups is 1. The largest absolute Gasteiger partial charge is 0.330 e. The van der Waals surface area contributed by atoms with E-state index in [1.165, 1.54) is 23.1 Å². The van der Waals surface area contributed by atoms with Gasteiger partial charge in [0, 0.05) is 17.9 Å². The monoisotopic (exact) mass is 409 g/mol. The van der Waals surface area contributed by atoms with Crippen molar-refractivity contribution >= 4 is 45.5 Å². The highest BCUT2D eigenvalue weighted by Crippen LogP contribution is 2.31. The molecule has 1 atom stereocenters. The predicted molar refractivity (Wildman–Crippen MR) is 114 cm³/mol. The van der Waals surface area contributed by atoms with Crippen LogP contribution in [0.4, 0.5) is 16.5 Å². The summed E-state index contributed by atoms with van der Waals surface area (Å²) in [5.74, 6) is -0.0563. The quantitative estimate of drug-likeness (QED) is 0.543. The summed E-state index contributed by atoms with van der Waals surface area (Å²) in [5, 5.41) is 20.8. The first-order valence-corrected chi connectivity index (χ1v) is 10.4. The molecule has 1 N–H and O–H groups in total. The molecule has 0 radical (unpaired) electrons. The van der Waals surface area contributed by atoms with Crippen molar-refractivity contribution in [1.82, 2.24) is 10.2 Å². The van der Waals surface area contributed by atoms with Crippen molar-refractivity contribution in [3.63, 3.8) is 0 Å². The Morgan fingerprint density at radius 2 is 1.86 bits per heavy atom. The SMILES string of the molecule is C[C@@H](Sc1nnc(Nc2ccccc2)s1)C(=O)N(CCC#N)c1ccccc1. The van der Waals surface area contributed by atoms with E-state index in [9.17, 15) is 4.79 Å². The molecule has 0 unspecified atom stereocenters. The summed E-state index contributed by atoms with van der Waals surface area (Å²) >= 11 is 2.78. The number of carbonyl (C=O) groups excluding carboxylic acids is 1. The standard InChI is InChI=1S/C20H19N5OS2/c1-15(18(26)25(14-8-13-21)17-11-6-3-7-12-17)27-20-24-23-19(28-20)22-16-9-4-2-5-10-16/h2-7,9-12,15H,8,14H2,1H3,(H,22,23)/t15-/m1/s1. The van der Waals surface area contributed by atoms with Crippen LogP contribution in [0.25, 0.3) is 0 Å². The molecule has 0 bridgehead atoms. The van der Waals surface area contributed by atoms with Gasteiger partial charge in [-0.3, -0.25) is 4.79 Å². The number of nitrogens with one attached hydrogen (secondary N) is 1. The second kappa shape index (κ2) is 9.88. The van der Waals surface area contributed by atoms with Crippen LogP contribution in [0, 0.1) is 11.3 Å². The van der Waals surface area contributed by atoms with Gasteiger partial charge < -0.3 is 10.2 Å². The highest BCUT2D eigenvalue weighted by atomic mass is 32.2. The minimum atomic E-state index is -0.351. The van der Waals surface area contributed by atoms with Crippen LogP contribution in [0.2, 0.25) is 0 Å². The molecule has 1 aromatic heterocycles. The number of aromatic nitrogens is 2. The second-order valence-corrected chi connectivity index (χ2v) is 8.42. The lowest BCUT2D eigenvalue weighted by atomic mass is 10.2. The van der Waals surface area contributed by atoms with Gasteiger partial charge in [-0.1, -0.05) is 59.5 Å². The lowest BCUT2D eigenvalue weighted by molar-refractivity contribution is -0.117. The zero-order valence-corrected chi connectivity index (χ0v) is 16.9. The molecule has 0 aliphatic rings. The van der Waals surface area contributed by atoms with Gasteiger partial charge >= 0.3 is 0 Å². The maximum atomic E-state index is 13.0. The Balaban J connectivity index is 1.66. The van der Waals surface area contributed by atoms with E-state index in [-0.39, 0.29) is 17.6 Å². The fraction of sp³-hybridized carbons (Fsp3) is 0.200. The fourth-order valence-electron chi connectivity index (χ4n) is 2.51. The van der Waals surface area contributed by atoms with E-state index in [0.717, 1.165) is 11.4 Å². The van der Waals surface area contributed by atoms with Crippen molar-refractivity contribution in [2.45, 2.75) is 22.9 Å². The number of benzene rings is 2. The number of anilines is 3. The summed E-state index contributed by atoms with van der Waals surface area (Å²) in [5.41, 5.74) is 1.73. The van der Waals surface area contributed by atoms with Crippen LogP contribution in [0.5, 0.6) is 0 Å². The number of para-hydroxylation sites is 2. The second-order valence-electron chi connectivity index (χ2n) is 5.86. The predicted octanol–water partition coefficient (Wildman–Crippen LogP) is 4.71. The van der Waals surface area contributed by atoms with E-state index in [2.05, 4.69) is 21.6 Å². The third-order valence-electron chi connectivity index (χ3n) is 3.84. The molecule has 0 saturated carbocycles. The lowest BCUT2D eigenvalue weighted by Gasteiger charge is -2.24. The van der Waals surface area contributed by atoms with E-state index in [0.29, 0.717) is 16.0 Å². The van der Waals surface area contributed by atoms with Crippen LogP contribution in [0.1, 0.15) is 13.3 Å². The molecule has 0 fully saturated rings. The molecule has 0 aliphatic heterocycles. The van der Waals surface area contributed by atoms with Gasteiger partial charge in [0.1, 0.15) is 0 Å². The third-order valence-corrected chi connectivity index (χ3v) is 5.85. The average Bonchev–Trinajstić information content (AvgIpc) is 3.16. The number of hydrogen-bond acceptors (Lipinski definition) is 7. The molecule has 3 rings (SSSR count). The highest BCUT2D eigenvalue weighted by Gasteiger charge is 2.24. The minimum Gasteiger partial charge on any atom is -0.330 e. The maximum absolute atomic E-state index is 13.0. The van der Waals surface area contributed by atoms with Gasteiger partial charge in [-0.25, -0.2) is 0 Å². The lowest BCUT2D eigenvalue weighted by Crippen LogP contribution is -2.37. The third kappa shape index (κ3) is 5.31. The first-order chi connectivity index (χ1) is 13.7. The first-order valence-electron chi connectivity index (χ1n) is 8.73. The van der Waals surface area contributed by atoms with Gasteiger partial charge in [0.05, 0.1) is 17.7 Å². The van der Waals surface area contributed by atoms with Crippen LogP contribution in [-0.4, -0.2) is 27.9 Å². The number of nitrogens with zero attached hydrogens (tertiary/aromatic N) is 4. The van der Waals surface area contributed by atoms with Gasteiger partial charge in [-0.15, -0.1) is 10.2 Å². The molecule has 1 amide bonds. The number of amides is 1. The summed E-state index contributed by atoms with van der Waals surface area (Å²) in [4.78, 5) is 14.6. The summed E-state index contributed by atoms with van der Waals surface area (Å²) in [6.45, 7) is 2.21. The number of hydrogen-bond donors (Lipinski definition) is 1. The summed E-state index contributed by atoms with van der Waals surface area (Å²) in [6.07, 6.45) is 0.280. The van der Waals surface area contributed by atoms with Gasteiger partial charge in [0.15, 0.2) is 4.34 Å². The Labute approximate surface area is 172 Å². The fourth-order valence-corrected chi connectivity index (χ4v) is 4.49. The van der Waals surface area contributed by atoms with E-state index in [1.807, 2.05) is 67.6 Å². The van der Waals surface area contributed by atoms with Crippen LogP contribution >= 0.6 is 23.1 Å². The summed E-state index contributed by atoms with van der Waals surface area (Å²) in [7, 11) is 0. The zero-order valence-electron chi connectivity index (χ0n) is 15.3. The van der Waals surface area contributed by atoms with Gasteiger partial charge in [0.25, 0.3) is 0 Å². The molecular weight excluding hydrogens is 390 g/mol. The molecule has 28 heavy (non-hydrogen) atoms. The van der Waals surface area contributed by atoms with Gasteiger partial charge in [0.2, 0.25) is 11.0 Å². The van der Waals surface area contributed by atoms with Crippen LogP contribution < -0.4 is 10.2 Å². The molecule has 0 saturated heterocycles. The van der Waals surface area contributed by atoms with Crippen molar-refractivity contribution in [1.29, 1.82) is 5.26 Å². The molecule has 0 spiro atoms. The molecule has 2 aromatic carbocycles. The van der Waals surface area contributed by atoms with Crippen molar-refractivity contribution < 1.29 is 4.79 Å². The van der Waals surface area contributed by atoms with E-state index < -0.39 is 0 Å². The van der Waals surface area contributed by atoms with Crippen molar-refractivity contribution in [3.8, 4) is 6.07 Å². The first kappa shape index (κ1) is 19.9. The number of thioether (sulfide) groups is 1. The van der Waals surface area contributed by atoms with E-state index >= 15 is 0 Å².